The summed E-state index contributed by atoms with van der Waals surface area (Å²) in [6.45, 7) is 1.93. The monoisotopic (exact) mass is 252 g/mol. The van der Waals surface area contributed by atoms with Crippen molar-refractivity contribution in [2.45, 2.75) is 19.4 Å². The molecular formula is C12H13FN2O3. The summed E-state index contributed by atoms with van der Waals surface area (Å²) in [5.41, 5.74) is 0.293. The van der Waals surface area contributed by atoms with Crippen LogP contribution in [0.4, 0.5) is 4.39 Å². The molecule has 0 saturated heterocycles. The van der Waals surface area contributed by atoms with Crippen molar-refractivity contribution >= 4 is 0 Å². The highest BCUT2D eigenvalue weighted by Gasteiger charge is 2.18. The summed E-state index contributed by atoms with van der Waals surface area (Å²) in [7, 11) is 1.56. The van der Waals surface area contributed by atoms with Gasteiger partial charge < -0.3 is 14.4 Å². The van der Waals surface area contributed by atoms with Gasteiger partial charge in [0, 0.05) is 13.2 Å². The van der Waals surface area contributed by atoms with Crippen molar-refractivity contribution in [3.8, 4) is 17.2 Å². The molecule has 0 aliphatic rings. The number of rotatable bonds is 4. The Balaban J connectivity index is 2.34. The van der Waals surface area contributed by atoms with Gasteiger partial charge in [0.25, 0.3) is 5.89 Å². The minimum Gasteiger partial charge on any atom is -0.507 e. The van der Waals surface area contributed by atoms with E-state index in [1.165, 1.54) is 12.1 Å². The molecule has 18 heavy (non-hydrogen) atoms. The lowest BCUT2D eigenvalue weighted by Crippen LogP contribution is -2.01. The molecule has 5 nitrogen and oxygen atoms in total. The van der Waals surface area contributed by atoms with E-state index in [1.54, 1.807) is 7.11 Å². The van der Waals surface area contributed by atoms with Crippen molar-refractivity contribution in [3.05, 3.63) is 29.8 Å². The molecule has 0 spiro atoms. The first-order chi connectivity index (χ1) is 8.65. The first kappa shape index (κ1) is 12.5. The maximum atomic E-state index is 12.9. The Morgan fingerprint density at radius 2 is 2.28 bits per heavy atom. The molecule has 0 saturated carbocycles. The summed E-state index contributed by atoms with van der Waals surface area (Å²) in [5.74, 6) is -0.230. The maximum absolute atomic E-state index is 12.9. The second kappa shape index (κ2) is 5.14. The van der Waals surface area contributed by atoms with Crippen molar-refractivity contribution in [2.24, 2.45) is 0 Å². The van der Waals surface area contributed by atoms with Gasteiger partial charge in [0.1, 0.15) is 17.7 Å². The van der Waals surface area contributed by atoms with E-state index in [-0.39, 0.29) is 17.7 Å². The van der Waals surface area contributed by atoms with Gasteiger partial charge in [0.05, 0.1) is 5.56 Å². The van der Waals surface area contributed by atoms with Crippen LogP contribution in [0.3, 0.4) is 0 Å². The second-order valence-corrected chi connectivity index (χ2v) is 3.75. The van der Waals surface area contributed by atoms with Gasteiger partial charge in [-0.05, 0) is 18.6 Å². The highest BCUT2D eigenvalue weighted by Crippen LogP contribution is 2.29. The van der Waals surface area contributed by atoms with Crippen LogP contribution in [0.25, 0.3) is 11.5 Å². The van der Waals surface area contributed by atoms with Crippen LogP contribution in [0.2, 0.25) is 0 Å². The first-order valence-corrected chi connectivity index (χ1v) is 5.51. The van der Waals surface area contributed by atoms with Crippen LogP contribution < -0.4 is 0 Å². The van der Waals surface area contributed by atoms with E-state index in [9.17, 15) is 9.50 Å². The predicted molar refractivity (Wildman–Crippen MR) is 61.4 cm³/mol. The largest absolute Gasteiger partial charge is 0.507 e. The van der Waals surface area contributed by atoms with Gasteiger partial charge in [-0.2, -0.15) is 4.98 Å². The molecule has 1 aromatic carbocycles. The van der Waals surface area contributed by atoms with E-state index < -0.39 is 5.82 Å². The van der Waals surface area contributed by atoms with Crippen molar-refractivity contribution in [1.29, 1.82) is 0 Å². The molecule has 0 aliphatic carbocycles. The van der Waals surface area contributed by atoms with Crippen LogP contribution in [-0.4, -0.2) is 22.4 Å². The van der Waals surface area contributed by atoms with Crippen LogP contribution in [0, 0.1) is 5.82 Å². The van der Waals surface area contributed by atoms with E-state index in [0.717, 1.165) is 6.07 Å². The summed E-state index contributed by atoms with van der Waals surface area (Å²) in [6, 6.07) is 3.59. The number of phenols is 1. The minimum atomic E-state index is -0.528. The van der Waals surface area contributed by atoms with Crippen molar-refractivity contribution in [1.82, 2.24) is 10.1 Å². The van der Waals surface area contributed by atoms with Crippen LogP contribution in [0.15, 0.2) is 22.7 Å². The smallest absolute Gasteiger partial charge is 0.261 e. The topological polar surface area (TPSA) is 68.4 Å². The number of nitrogens with zero attached hydrogens (tertiary/aromatic N) is 2. The van der Waals surface area contributed by atoms with Crippen LogP contribution in [-0.2, 0) is 4.74 Å². The fourth-order valence-corrected chi connectivity index (χ4v) is 1.62. The number of hydrogen-bond donors (Lipinski definition) is 1. The Morgan fingerprint density at radius 3 is 2.89 bits per heavy atom. The third kappa shape index (κ3) is 2.33. The molecule has 1 aromatic heterocycles. The highest BCUT2D eigenvalue weighted by molar-refractivity contribution is 5.61. The minimum absolute atomic E-state index is 0.137. The van der Waals surface area contributed by atoms with Gasteiger partial charge >= 0.3 is 0 Å². The molecule has 2 rings (SSSR count). The summed E-state index contributed by atoms with van der Waals surface area (Å²) >= 11 is 0. The Bertz CT molecular complexity index is 538. The molecule has 96 valence electrons. The predicted octanol–water partition coefficient (Wildman–Crippen LogP) is 2.68. The number of phenolic OH excluding ortho intramolecular Hbond substituents is 1. The molecule has 0 radical (unpaired) electrons. The molecule has 0 amide bonds. The lowest BCUT2D eigenvalue weighted by atomic mass is 10.2. The van der Waals surface area contributed by atoms with Crippen molar-refractivity contribution in [3.63, 3.8) is 0 Å². The Morgan fingerprint density at radius 1 is 1.50 bits per heavy atom. The Hall–Kier alpha value is -1.95. The Kier molecular flexibility index (Phi) is 3.57. The van der Waals surface area contributed by atoms with Gasteiger partial charge in [-0.25, -0.2) is 4.39 Å². The maximum Gasteiger partial charge on any atom is 0.261 e. The fraction of sp³-hybridized carbons (Fsp3) is 0.333. The van der Waals surface area contributed by atoms with Crippen LogP contribution >= 0.6 is 0 Å². The molecule has 6 heteroatoms. The van der Waals surface area contributed by atoms with E-state index in [1.807, 2.05) is 6.92 Å². The summed E-state index contributed by atoms with van der Waals surface area (Å²) < 4.78 is 23.1. The van der Waals surface area contributed by atoms with Gasteiger partial charge in [-0.1, -0.05) is 12.1 Å². The van der Waals surface area contributed by atoms with E-state index in [2.05, 4.69) is 10.1 Å². The average molecular weight is 252 g/mol. The normalized spacial score (nSPS) is 12.6. The second-order valence-electron chi connectivity index (χ2n) is 3.75. The summed E-state index contributed by atoms with van der Waals surface area (Å²) in [4.78, 5) is 4.13. The van der Waals surface area contributed by atoms with E-state index >= 15 is 0 Å². The lowest BCUT2D eigenvalue weighted by molar-refractivity contribution is 0.0903. The average Bonchev–Trinajstić information content (AvgIpc) is 2.80. The molecule has 1 heterocycles. The summed E-state index contributed by atoms with van der Waals surface area (Å²) in [6.07, 6.45) is 0.440. The molecule has 0 aliphatic heterocycles. The quantitative estimate of drug-likeness (QED) is 0.906. The zero-order valence-electron chi connectivity index (χ0n) is 10.1. The molecule has 1 N–H and O–H groups in total. The number of aromatic hydroxyl groups is 1. The number of methoxy groups -OCH3 is 1. The third-order valence-electron chi connectivity index (χ3n) is 2.58. The zero-order valence-corrected chi connectivity index (χ0v) is 10.1. The van der Waals surface area contributed by atoms with Gasteiger partial charge in [-0.3, -0.25) is 0 Å². The fourth-order valence-electron chi connectivity index (χ4n) is 1.62. The zero-order chi connectivity index (χ0) is 13.1. The third-order valence-corrected chi connectivity index (χ3v) is 2.58. The number of hydrogen-bond acceptors (Lipinski definition) is 5. The van der Waals surface area contributed by atoms with E-state index in [0.29, 0.717) is 17.8 Å². The highest BCUT2D eigenvalue weighted by atomic mass is 19.1. The number of halogens is 1. The summed E-state index contributed by atoms with van der Waals surface area (Å²) in [5, 5.41) is 13.4. The molecular weight excluding hydrogens is 239 g/mol. The van der Waals surface area contributed by atoms with Crippen LogP contribution in [0.5, 0.6) is 5.75 Å². The van der Waals surface area contributed by atoms with Gasteiger partial charge in [0.15, 0.2) is 0 Å². The molecule has 0 fully saturated rings. The number of ether oxygens (including phenoxy) is 1. The lowest BCUT2D eigenvalue weighted by Gasteiger charge is -2.06. The molecule has 1 unspecified atom stereocenters. The first-order valence-electron chi connectivity index (χ1n) is 5.51. The molecule has 2 aromatic rings. The van der Waals surface area contributed by atoms with Gasteiger partial charge in [0.2, 0.25) is 5.82 Å². The van der Waals surface area contributed by atoms with Crippen molar-refractivity contribution in [2.75, 3.05) is 7.11 Å². The molecule has 1 atom stereocenters. The van der Waals surface area contributed by atoms with E-state index in [4.69, 9.17) is 9.26 Å². The standard InChI is InChI=1S/C12H13FN2O3/c1-3-10(17-2)11-14-12(18-15-11)8-5-4-7(13)6-9(8)16/h4-6,10,16H,3H2,1-2H3. The van der Waals surface area contributed by atoms with Crippen LogP contribution in [0.1, 0.15) is 25.3 Å². The van der Waals surface area contributed by atoms with Gasteiger partial charge in [-0.15, -0.1) is 0 Å². The SMILES string of the molecule is CCC(OC)c1noc(-c2ccc(F)cc2O)n1. The van der Waals surface area contributed by atoms with Crippen molar-refractivity contribution < 1.29 is 18.8 Å². The Labute approximate surface area is 103 Å². The molecule has 0 bridgehead atoms. The number of benzene rings is 1. The number of aromatic nitrogens is 2.